The summed E-state index contributed by atoms with van der Waals surface area (Å²) in [7, 11) is -2.06. The maximum absolute atomic E-state index is 12.6. The fraction of sp³-hybridized carbons (Fsp3) is 0.706. The second kappa shape index (κ2) is 7.29. The van der Waals surface area contributed by atoms with Crippen LogP contribution in [0.5, 0.6) is 0 Å². The van der Waals surface area contributed by atoms with Gasteiger partial charge in [-0.3, -0.25) is 9.69 Å². The Labute approximate surface area is 149 Å². The molecular formula is C17H29NO6Si. The Hall–Kier alpha value is -1.67. The van der Waals surface area contributed by atoms with E-state index in [-0.39, 0.29) is 30.3 Å². The van der Waals surface area contributed by atoms with Crippen molar-refractivity contribution in [3.63, 3.8) is 0 Å². The molecule has 7 nitrogen and oxygen atoms in total. The van der Waals surface area contributed by atoms with Crippen LogP contribution in [0.3, 0.4) is 0 Å². The predicted molar refractivity (Wildman–Crippen MR) is 96.2 cm³/mol. The van der Waals surface area contributed by atoms with Crippen LogP contribution < -0.4 is 0 Å². The van der Waals surface area contributed by atoms with E-state index in [1.807, 2.05) is 0 Å². The van der Waals surface area contributed by atoms with Crippen molar-refractivity contribution in [1.29, 1.82) is 0 Å². The Bertz CT molecular complexity index is 568. The molecule has 0 aromatic heterocycles. The molecule has 0 spiro atoms. The van der Waals surface area contributed by atoms with Gasteiger partial charge in [0.15, 0.2) is 14.1 Å². The summed E-state index contributed by atoms with van der Waals surface area (Å²) in [4.78, 5) is 36.4. The summed E-state index contributed by atoms with van der Waals surface area (Å²) >= 11 is 0. The van der Waals surface area contributed by atoms with Crippen LogP contribution in [0.2, 0.25) is 18.1 Å². The van der Waals surface area contributed by atoms with Gasteiger partial charge in [-0.05, 0) is 31.0 Å². The maximum atomic E-state index is 12.6. The fourth-order valence-electron chi connectivity index (χ4n) is 2.97. The van der Waals surface area contributed by atoms with Crippen molar-refractivity contribution in [2.45, 2.75) is 57.8 Å². The van der Waals surface area contributed by atoms with Crippen molar-refractivity contribution in [3.8, 4) is 0 Å². The smallest absolute Gasteiger partial charge is 0.408 e. The minimum Gasteiger partial charge on any atom is -0.480 e. The van der Waals surface area contributed by atoms with Crippen LogP contribution in [0.25, 0.3) is 0 Å². The Balaban J connectivity index is 3.10. The van der Waals surface area contributed by atoms with Gasteiger partial charge in [-0.15, -0.1) is 6.58 Å². The monoisotopic (exact) mass is 371 g/mol. The predicted octanol–water partition coefficient (Wildman–Crippen LogP) is 2.98. The summed E-state index contributed by atoms with van der Waals surface area (Å²) in [5, 5.41) is 18.8. The average molecular weight is 372 g/mol. The van der Waals surface area contributed by atoms with Gasteiger partial charge in [0.1, 0.15) is 6.04 Å². The van der Waals surface area contributed by atoms with Gasteiger partial charge in [-0.25, -0.2) is 9.59 Å². The van der Waals surface area contributed by atoms with E-state index in [0.29, 0.717) is 4.90 Å². The van der Waals surface area contributed by atoms with Gasteiger partial charge in [0, 0.05) is 6.61 Å². The fourth-order valence-corrected chi connectivity index (χ4v) is 4.01. The molecule has 1 fully saturated rings. The molecule has 2 atom stereocenters. The number of amides is 1. The van der Waals surface area contributed by atoms with Crippen LogP contribution >= 0.6 is 0 Å². The first-order valence-corrected chi connectivity index (χ1v) is 11.2. The first kappa shape index (κ1) is 21.4. The lowest BCUT2D eigenvalue weighted by Gasteiger charge is -2.38. The van der Waals surface area contributed by atoms with Gasteiger partial charge in [0.05, 0.1) is 12.0 Å². The summed E-state index contributed by atoms with van der Waals surface area (Å²) in [5.74, 6) is -1.71. The number of nitrogens with zero attached hydrogens (tertiary/aromatic N) is 1. The summed E-state index contributed by atoms with van der Waals surface area (Å²) in [6.45, 7) is 13.8. The highest BCUT2D eigenvalue weighted by molar-refractivity contribution is 6.74. The maximum Gasteiger partial charge on any atom is 0.408 e. The molecule has 2 N–H and O–H groups in total. The molecule has 0 saturated carbocycles. The molecule has 0 aromatic carbocycles. The van der Waals surface area contributed by atoms with Gasteiger partial charge >= 0.3 is 12.1 Å². The molecular weight excluding hydrogens is 342 g/mol. The van der Waals surface area contributed by atoms with Crippen LogP contribution in [-0.2, 0) is 14.0 Å². The molecule has 0 bridgehead atoms. The van der Waals surface area contributed by atoms with Crippen molar-refractivity contribution in [2.75, 3.05) is 13.2 Å². The van der Waals surface area contributed by atoms with Crippen LogP contribution in [0.4, 0.5) is 4.79 Å². The molecule has 1 saturated heterocycles. The quantitative estimate of drug-likeness (QED) is 0.527. The van der Waals surface area contributed by atoms with Gasteiger partial charge in [0.25, 0.3) is 0 Å². The SMILES string of the molecule is C=CC[C@]1(CCO[Si](C)(C)C(C)(C)C)C(=O)CN(C(=O)O)[C@@H]1C(=O)O. The number of hydrogen-bond acceptors (Lipinski definition) is 4. The van der Waals surface area contributed by atoms with Crippen molar-refractivity contribution in [3.05, 3.63) is 12.7 Å². The minimum atomic E-state index is -2.06. The van der Waals surface area contributed by atoms with Gasteiger partial charge in [-0.1, -0.05) is 26.8 Å². The number of aliphatic carboxylic acids is 1. The van der Waals surface area contributed by atoms with Crippen molar-refractivity contribution in [1.82, 2.24) is 4.90 Å². The minimum absolute atomic E-state index is 0.0163. The highest BCUT2D eigenvalue weighted by Gasteiger charge is 2.58. The van der Waals surface area contributed by atoms with E-state index in [1.54, 1.807) is 0 Å². The van der Waals surface area contributed by atoms with Gasteiger partial charge < -0.3 is 14.6 Å². The Morgan fingerprint density at radius 1 is 1.40 bits per heavy atom. The van der Waals surface area contributed by atoms with E-state index in [1.165, 1.54) is 6.08 Å². The van der Waals surface area contributed by atoms with Crippen molar-refractivity contribution < 1.29 is 29.0 Å². The Morgan fingerprint density at radius 2 is 1.96 bits per heavy atom. The van der Waals surface area contributed by atoms with E-state index in [4.69, 9.17) is 4.43 Å². The highest BCUT2D eigenvalue weighted by Crippen LogP contribution is 2.43. The number of likely N-dealkylation sites (tertiary alicyclic amines) is 1. The summed E-state index contributed by atoms with van der Waals surface area (Å²) in [6.07, 6.45) is 0.335. The molecule has 0 aromatic rings. The van der Waals surface area contributed by atoms with Crippen LogP contribution in [-0.4, -0.2) is 60.5 Å². The zero-order valence-electron chi connectivity index (χ0n) is 15.7. The zero-order chi connectivity index (χ0) is 19.6. The molecule has 1 aliphatic heterocycles. The summed E-state index contributed by atoms with van der Waals surface area (Å²) < 4.78 is 6.09. The number of carbonyl (C=O) groups excluding carboxylic acids is 1. The molecule has 25 heavy (non-hydrogen) atoms. The first-order chi connectivity index (χ1) is 11.3. The third kappa shape index (κ3) is 4.12. The van der Waals surface area contributed by atoms with E-state index >= 15 is 0 Å². The van der Waals surface area contributed by atoms with E-state index in [2.05, 4.69) is 40.4 Å². The van der Waals surface area contributed by atoms with Crippen molar-refractivity contribution in [2.24, 2.45) is 5.41 Å². The second-order valence-corrected chi connectivity index (χ2v) is 12.9. The number of allylic oxidation sites excluding steroid dienone is 1. The molecule has 8 heteroatoms. The van der Waals surface area contributed by atoms with Gasteiger partial charge in [-0.2, -0.15) is 0 Å². The average Bonchev–Trinajstić information content (AvgIpc) is 2.71. The molecule has 0 radical (unpaired) electrons. The lowest BCUT2D eigenvalue weighted by atomic mass is 9.74. The molecule has 1 amide bonds. The largest absolute Gasteiger partial charge is 0.480 e. The Morgan fingerprint density at radius 3 is 2.36 bits per heavy atom. The Kier molecular flexibility index (Phi) is 6.23. The van der Waals surface area contributed by atoms with Crippen LogP contribution in [0, 0.1) is 5.41 Å². The summed E-state index contributed by atoms with van der Waals surface area (Å²) in [5.41, 5.74) is -1.33. The number of ketones is 1. The molecule has 0 unspecified atom stereocenters. The van der Waals surface area contributed by atoms with Crippen molar-refractivity contribution >= 4 is 26.2 Å². The first-order valence-electron chi connectivity index (χ1n) is 8.30. The summed E-state index contributed by atoms with van der Waals surface area (Å²) in [6, 6.07) is -1.42. The topological polar surface area (TPSA) is 104 Å². The standard InChI is InChI=1S/C17H29NO6Si/c1-7-8-17(9-10-24-25(5,6)16(2,3)4)12(19)11-18(15(22)23)13(17)14(20)21/h7,13H,1,8-11H2,2-6H3,(H,20,21)(H,22,23)/t13-,17+/m1/s1. The molecule has 1 rings (SSSR count). The number of Topliss-reactive ketones (excluding diaryl/α,β-unsaturated/α-hetero) is 1. The zero-order valence-corrected chi connectivity index (χ0v) is 16.7. The third-order valence-corrected chi connectivity index (χ3v) is 10.0. The van der Waals surface area contributed by atoms with E-state index < -0.39 is 38.4 Å². The number of carboxylic acid groups (broad SMARTS) is 2. The lowest BCUT2D eigenvalue weighted by Crippen LogP contribution is -2.49. The number of rotatable bonds is 7. The normalized spacial score (nSPS) is 24.4. The third-order valence-electron chi connectivity index (χ3n) is 5.51. The van der Waals surface area contributed by atoms with E-state index in [0.717, 1.165) is 0 Å². The van der Waals surface area contributed by atoms with Crippen LogP contribution in [0.1, 0.15) is 33.6 Å². The lowest BCUT2D eigenvalue weighted by molar-refractivity contribution is -0.147. The number of hydrogen-bond donors (Lipinski definition) is 2. The molecule has 0 aliphatic carbocycles. The van der Waals surface area contributed by atoms with Gasteiger partial charge in [0.2, 0.25) is 0 Å². The molecule has 142 valence electrons. The second-order valence-electron chi connectivity index (χ2n) is 8.08. The number of carboxylic acids is 1. The van der Waals surface area contributed by atoms with Crippen LogP contribution in [0.15, 0.2) is 12.7 Å². The molecule has 1 aliphatic rings. The van der Waals surface area contributed by atoms with E-state index in [9.17, 15) is 24.6 Å². The number of carbonyl (C=O) groups is 3. The molecule has 1 heterocycles. The highest BCUT2D eigenvalue weighted by atomic mass is 28.4.